The van der Waals surface area contributed by atoms with Crippen LogP contribution in [0.25, 0.3) is 0 Å². The van der Waals surface area contributed by atoms with Gasteiger partial charge in [0.05, 0.1) is 20.6 Å². The maximum atomic E-state index is 13.0. The number of carbonyl (C=O) groups excluding carboxylic acids is 1. The van der Waals surface area contributed by atoms with Crippen LogP contribution >= 0.6 is 34.8 Å². The van der Waals surface area contributed by atoms with Gasteiger partial charge in [-0.05, 0) is 48.4 Å². The number of anilines is 1. The SMILES string of the molecule is O=C(Nc1cccc(Cl)c1Cl)[C@H](Cc1ccccc1)NS(=O)(=O)c1ccc(Cl)cc1. The standard InChI is InChI=1S/C21H17Cl3N2O3S/c22-15-9-11-16(12-10-15)30(28,29)26-19(13-14-5-2-1-3-6-14)21(27)25-18-8-4-7-17(23)20(18)24/h1-12,19,26H,13H2,(H,25,27)/t19-/m0/s1. The van der Waals surface area contributed by atoms with Gasteiger partial charge in [0.15, 0.2) is 0 Å². The van der Waals surface area contributed by atoms with E-state index in [1.807, 2.05) is 30.3 Å². The third kappa shape index (κ3) is 5.74. The summed E-state index contributed by atoms with van der Waals surface area (Å²) in [4.78, 5) is 13.0. The van der Waals surface area contributed by atoms with Crippen LogP contribution in [0.2, 0.25) is 15.1 Å². The molecule has 3 aromatic carbocycles. The quantitative estimate of drug-likeness (QED) is 0.486. The lowest BCUT2D eigenvalue weighted by Crippen LogP contribution is -2.45. The molecule has 2 N–H and O–H groups in total. The first-order chi connectivity index (χ1) is 14.3. The second kappa shape index (κ2) is 9.81. The van der Waals surface area contributed by atoms with E-state index in [0.29, 0.717) is 5.02 Å². The minimum Gasteiger partial charge on any atom is -0.323 e. The van der Waals surface area contributed by atoms with Gasteiger partial charge in [-0.1, -0.05) is 71.2 Å². The molecule has 3 aromatic rings. The van der Waals surface area contributed by atoms with Gasteiger partial charge >= 0.3 is 0 Å². The van der Waals surface area contributed by atoms with E-state index in [-0.39, 0.29) is 27.0 Å². The van der Waals surface area contributed by atoms with Gasteiger partial charge in [-0.2, -0.15) is 4.72 Å². The van der Waals surface area contributed by atoms with E-state index in [4.69, 9.17) is 34.8 Å². The van der Waals surface area contributed by atoms with Crippen molar-refractivity contribution in [3.8, 4) is 0 Å². The molecule has 9 heteroatoms. The number of rotatable bonds is 7. The molecule has 0 aliphatic heterocycles. The predicted molar refractivity (Wildman–Crippen MR) is 121 cm³/mol. The molecule has 0 radical (unpaired) electrons. The Hall–Kier alpha value is -2.09. The summed E-state index contributed by atoms with van der Waals surface area (Å²) in [7, 11) is -3.98. The zero-order chi connectivity index (χ0) is 21.7. The number of nitrogens with one attached hydrogen (secondary N) is 2. The summed E-state index contributed by atoms with van der Waals surface area (Å²) in [5.41, 5.74) is 1.08. The molecule has 156 valence electrons. The van der Waals surface area contributed by atoms with Crippen LogP contribution in [-0.2, 0) is 21.2 Å². The van der Waals surface area contributed by atoms with Gasteiger partial charge in [0, 0.05) is 5.02 Å². The third-order valence-corrected chi connectivity index (χ3v) is 6.79. The van der Waals surface area contributed by atoms with Gasteiger partial charge in [-0.3, -0.25) is 4.79 Å². The Kier molecular flexibility index (Phi) is 7.39. The van der Waals surface area contributed by atoms with Crippen LogP contribution in [0.4, 0.5) is 5.69 Å². The fourth-order valence-corrected chi connectivity index (χ4v) is 4.40. The van der Waals surface area contributed by atoms with Crippen molar-refractivity contribution in [2.24, 2.45) is 0 Å². The molecule has 1 atom stereocenters. The van der Waals surface area contributed by atoms with E-state index in [2.05, 4.69) is 10.0 Å². The van der Waals surface area contributed by atoms with Crippen molar-refractivity contribution in [1.82, 2.24) is 4.72 Å². The predicted octanol–water partition coefficient (Wildman–Crippen LogP) is 5.18. The summed E-state index contributed by atoms with van der Waals surface area (Å²) >= 11 is 18.0. The molecule has 0 fully saturated rings. The van der Waals surface area contributed by atoms with Gasteiger partial charge < -0.3 is 5.32 Å². The Balaban J connectivity index is 1.88. The molecule has 0 heterocycles. The van der Waals surface area contributed by atoms with E-state index in [1.54, 1.807) is 18.2 Å². The van der Waals surface area contributed by atoms with Crippen molar-refractivity contribution in [3.63, 3.8) is 0 Å². The molecule has 0 aliphatic carbocycles. The largest absolute Gasteiger partial charge is 0.323 e. The summed E-state index contributed by atoms with van der Waals surface area (Å²) in [6.45, 7) is 0. The summed E-state index contributed by atoms with van der Waals surface area (Å²) in [6.07, 6.45) is 0.137. The second-order valence-corrected chi connectivity index (χ2v) is 9.34. The smallest absolute Gasteiger partial charge is 0.242 e. The Morgan fingerprint density at radius 3 is 2.20 bits per heavy atom. The fraction of sp³-hybridized carbons (Fsp3) is 0.0952. The second-order valence-electron chi connectivity index (χ2n) is 6.41. The topological polar surface area (TPSA) is 75.3 Å². The molecule has 3 rings (SSSR count). The van der Waals surface area contributed by atoms with Crippen LogP contribution in [0.1, 0.15) is 5.56 Å². The molecule has 0 aromatic heterocycles. The molecule has 1 amide bonds. The number of hydrogen-bond acceptors (Lipinski definition) is 3. The van der Waals surface area contributed by atoms with Gasteiger partial charge in [-0.15, -0.1) is 0 Å². The van der Waals surface area contributed by atoms with Crippen LogP contribution in [0, 0.1) is 0 Å². The van der Waals surface area contributed by atoms with Crippen LogP contribution in [-0.4, -0.2) is 20.4 Å². The van der Waals surface area contributed by atoms with Crippen molar-refractivity contribution in [3.05, 3.63) is 93.4 Å². The Morgan fingerprint density at radius 1 is 0.867 bits per heavy atom. The molecule has 5 nitrogen and oxygen atoms in total. The van der Waals surface area contributed by atoms with Crippen LogP contribution < -0.4 is 10.0 Å². The van der Waals surface area contributed by atoms with E-state index >= 15 is 0 Å². The normalized spacial score (nSPS) is 12.4. The van der Waals surface area contributed by atoms with Crippen LogP contribution in [0.3, 0.4) is 0 Å². The Bertz CT molecular complexity index is 1140. The highest BCUT2D eigenvalue weighted by Crippen LogP contribution is 2.29. The molecule has 0 saturated heterocycles. The van der Waals surface area contributed by atoms with Crippen molar-refractivity contribution in [2.75, 3.05) is 5.32 Å². The van der Waals surface area contributed by atoms with Gasteiger partial charge in [-0.25, -0.2) is 8.42 Å². The monoisotopic (exact) mass is 482 g/mol. The molecule has 0 spiro atoms. The van der Waals surface area contributed by atoms with E-state index in [9.17, 15) is 13.2 Å². The number of hydrogen-bond donors (Lipinski definition) is 2. The lowest BCUT2D eigenvalue weighted by molar-refractivity contribution is -0.117. The summed E-state index contributed by atoms with van der Waals surface area (Å²) in [6, 6.07) is 18.5. The lowest BCUT2D eigenvalue weighted by atomic mass is 10.1. The van der Waals surface area contributed by atoms with Gasteiger partial charge in [0.1, 0.15) is 6.04 Å². The van der Waals surface area contributed by atoms with E-state index < -0.39 is 22.0 Å². The summed E-state index contributed by atoms with van der Waals surface area (Å²) in [5, 5.41) is 3.50. The number of halogens is 3. The van der Waals surface area contributed by atoms with E-state index in [1.165, 1.54) is 24.3 Å². The zero-order valence-corrected chi connectivity index (χ0v) is 18.6. The Morgan fingerprint density at radius 2 is 1.53 bits per heavy atom. The van der Waals surface area contributed by atoms with Crippen LogP contribution in [0.5, 0.6) is 0 Å². The van der Waals surface area contributed by atoms with Crippen molar-refractivity contribution in [1.29, 1.82) is 0 Å². The molecule has 0 saturated carbocycles. The minimum absolute atomic E-state index is 0.00134. The molecular weight excluding hydrogens is 467 g/mol. The number of benzene rings is 3. The lowest BCUT2D eigenvalue weighted by Gasteiger charge is -2.19. The molecule has 0 unspecified atom stereocenters. The molecule has 0 aliphatic rings. The van der Waals surface area contributed by atoms with Crippen molar-refractivity contribution >= 4 is 56.4 Å². The fourth-order valence-electron chi connectivity index (χ4n) is 2.73. The maximum absolute atomic E-state index is 13.0. The number of amides is 1. The van der Waals surface area contributed by atoms with Gasteiger partial charge in [0.25, 0.3) is 0 Å². The van der Waals surface area contributed by atoms with Crippen LogP contribution in [0.15, 0.2) is 77.7 Å². The Labute approximate surface area is 190 Å². The minimum atomic E-state index is -3.98. The van der Waals surface area contributed by atoms with E-state index in [0.717, 1.165) is 5.56 Å². The first-order valence-electron chi connectivity index (χ1n) is 8.83. The molecule has 30 heavy (non-hydrogen) atoms. The summed E-state index contributed by atoms with van der Waals surface area (Å²) in [5.74, 6) is -0.569. The highest BCUT2D eigenvalue weighted by Gasteiger charge is 2.27. The zero-order valence-electron chi connectivity index (χ0n) is 15.5. The third-order valence-electron chi connectivity index (χ3n) is 4.23. The summed E-state index contributed by atoms with van der Waals surface area (Å²) < 4.78 is 28.2. The highest BCUT2D eigenvalue weighted by molar-refractivity contribution is 7.89. The number of sulfonamides is 1. The molecule has 0 bridgehead atoms. The number of carbonyl (C=O) groups is 1. The first kappa shape index (κ1) is 22.6. The van der Waals surface area contributed by atoms with Gasteiger partial charge in [0.2, 0.25) is 15.9 Å². The average Bonchev–Trinajstić information content (AvgIpc) is 2.72. The van der Waals surface area contributed by atoms with Crippen molar-refractivity contribution in [2.45, 2.75) is 17.4 Å². The first-order valence-corrected chi connectivity index (χ1v) is 11.4. The van der Waals surface area contributed by atoms with Crippen molar-refractivity contribution < 1.29 is 13.2 Å². The average molecular weight is 484 g/mol. The highest BCUT2D eigenvalue weighted by atomic mass is 35.5. The molecular formula is C21H17Cl3N2O3S. The maximum Gasteiger partial charge on any atom is 0.242 e.